The predicted octanol–water partition coefficient (Wildman–Crippen LogP) is 0.493. The summed E-state index contributed by atoms with van der Waals surface area (Å²) in [6.07, 6.45) is -1.51. The Morgan fingerprint density at radius 2 is 1.61 bits per heavy atom. The molecule has 8 heteroatoms. The van der Waals surface area contributed by atoms with E-state index in [1.165, 1.54) is 6.92 Å². The Balaban J connectivity index is 3.57. The molecule has 0 aliphatic rings. The second-order valence-corrected chi connectivity index (χ2v) is 3.01. The lowest BCUT2D eigenvalue weighted by atomic mass is 10.4. The molecule has 18 heavy (non-hydrogen) atoms. The molecule has 0 spiro atoms. The van der Waals surface area contributed by atoms with Crippen LogP contribution >= 0.6 is 0 Å². The van der Waals surface area contributed by atoms with Crippen LogP contribution in [-0.4, -0.2) is 38.2 Å². The van der Waals surface area contributed by atoms with Crippen molar-refractivity contribution < 1.29 is 28.6 Å². The van der Waals surface area contributed by atoms with E-state index in [4.69, 9.17) is 0 Å². The van der Waals surface area contributed by atoms with Gasteiger partial charge in [-0.2, -0.15) is 0 Å². The standard InChI is InChI=1S/C10H16N2O6/c1-4-16-9(14)11-5-12-10(15)18-6-17-8(13)7(2)3/h2,4-6H2,1,3H3,(H,11,14)(H,12,15). The Kier molecular flexibility index (Phi) is 7.74. The Bertz CT molecular complexity index is 328. The topological polar surface area (TPSA) is 103 Å². The van der Waals surface area contributed by atoms with E-state index in [1.54, 1.807) is 6.92 Å². The van der Waals surface area contributed by atoms with Crippen molar-refractivity contribution in [2.45, 2.75) is 13.8 Å². The summed E-state index contributed by atoms with van der Waals surface area (Å²) in [4.78, 5) is 32.7. The zero-order valence-electron chi connectivity index (χ0n) is 10.3. The lowest BCUT2D eigenvalue weighted by Gasteiger charge is -2.08. The van der Waals surface area contributed by atoms with Crippen molar-refractivity contribution in [3.63, 3.8) is 0 Å². The van der Waals surface area contributed by atoms with Crippen LogP contribution in [0.3, 0.4) is 0 Å². The van der Waals surface area contributed by atoms with E-state index in [1.807, 2.05) is 0 Å². The second-order valence-electron chi connectivity index (χ2n) is 3.01. The third-order valence-corrected chi connectivity index (χ3v) is 1.47. The number of esters is 1. The van der Waals surface area contributed by atoms with Gasteiger partial charge in [0.05, 0.1) is 13.3 Å². The van der Waals surface area contributed by atoms with E-state index in [0.29, 0.717) is 0 Å². The third kappa shape index (κ3) is 7.97. The first-order valence-electron chi connectivity index (χ1n) is 5.11. The molecule has 2 amide bonds. The fourth-order valence-corrected chi connectivity index (χ4v) is 0.681. The first-order chi connectivity index (χ1) is 8.47. The van der Waals surface area contributed by atoms with Crippen LogP contribution < -0.4 is 10.6 Å². The molecule has 8 nitrogen and oxygen atoms in total. The largest absolute Gasteiger partial charge is 0.450 e. The van der Waals surface area contributed by atoms with Crippen molar-refractivity contribution in [3.05, 3.63) is 12.2 Å². The maximum absolute atomic E-state index is 11.0. The van der Waals surface area contributed by atoms with Crippen molar-refractivity contribution >= 4 is 18.2 Å². The van der Waals surface area contributed by atoms with Crippen molar-refractivity contribution in [1.82, 2.24) is 10.6 Å². The molecule has 0 aliphatic carbocycles. The maximum atomic E-state index is 11.0. The van der Waals surface area contributed by atoms with Gasteiger partial charge in [-0.15, -0.1) is 0 Å². The van der Waals surface area contributed by atoms with Crippen molar-refractivity contribution in [2.24, 2.45) is 0 Å². The fraction of sp³-hybridized carbons (Fsp3) is 0.500. The summed E-state index contributed by atoms with van der Waals surface area (Å²) in [6.45, 7) is 6.00. The molecule has 0 saturated carbocycles. The molecule has 0 unspecified atom stereocenters. The lowest BCUT2D eigenvalue weighted by Crippen LogP contribution is -2.38. The molecule has 0 rings (SSSR count). The molecule has 0 aromatic heterocycles. The predicted molar refractivity (Wildman–Crippen MR) is 60.4 cm³/mol. The number of hydrogen-bond acceptors (Lipinski definition) is 6. The minimum atomic E-state index is -0.846. The normalized spacial score (nSPS) is 9.00. The highest BCUT2D eigenvalue weighted by atomic mass is 16.7. The van der Waals surface area contributed by atoms with E-state index < -0.39 is 24.9 Å². The average Bonchev–Trinajstić information content (AvgIpc) is 2.29. The molecule has 0 aromatic carbocycles. The highest BCUT2D eigenvalue weighted by Gasteiger charge is 2.06. The summed E-state index contributed by atoms with van der Waals surface area (Å²) in [5.41, 5.74) is 0.197. The van der Waals surface area contributed by atoms with Crippen LogP contribution in [0.1, 0.15) is 13.8 Å². The number of carbonyl (C=O) groups excluding carboxylic acids is 3. The number of amides is 2. The summed E-state index contributed by atoms with van der Waals surface area (Å²) in [5, 5.41) is 4.43. The van der Waals surface area contributed by atoms with Gasteiger partial charge in [0.15, 0.2) is 0 Å². The first-order valence-corrected chi connectivity index (χ1v) is 5.11. The van der Waals surface area contributed by atoms with Gasteiger partial charge < -0.3 is 24.8 Å². The first kappa shape index (κ1) is 15.8. The van der Waals surface area contributed by atoms with Gasteiger partial charge in [0.25, 0.3) is 0 Å². The Labute approximate surface area is 104 Å². The van der Waals surface area contributed by atoms with Crippen LogP contribution in [0.15, 0.2) is 12.2 Å². The molecule has 0 fully saturated rings. The lowest BCUT2D eigenvalue weighted by molar-refractivity contribution is -0.146. The molecular weight excluding hydrogens is 244 g/mol. The van der Waals surface area contributed by atoms with Gasteiger partial charge in [0.1, 0.15) is 0 Å². The van der Waals surface area contributed by atoms with E-state index in [9.17, 15) is 14.4 Å². The number of rotatable bonds is 6. The van der Waals surface area contributed by atoms with Gasteiger partial charge in [0.2, 0.25) is 6.79 Å². The van der Waals surface area contributed by atoms with Gasteiger partial charge in [-0.3, -0.25) is 0 Å². The molecule has 0 atom stereocenters. The summed E-state index contributed by atoms with van der Waals surface area (Å²) in [7, 11) is 0. The molecule has 0 bridgehead atoms. The van der Waals surface area contributed by atoms with E-state index in [0.717, 1.165) is 0 Å². The van der Waals surface area contributed by atoms with Gasteiger partial charge in [-0.1, -0.05) is 6.58 Å². The smallest absolute Gasteiger partial charge is 0.411 e. The molecule has 0 heterocycles. The van der Waals surface area contributed by atoms with Crippen molar-refractivity contribution in [1.29, 1.82) is 0 Å². The highest BCUT2D eigenvalue weighted by molar-refractivity contribution is 5.86. The van der Waals surface area contributed by atoms with Crippen LogP contribution in [0, 0.1) is 0 Å². The summed E-state index contributed by atoms with van der Waals surface area (Å²) in [6, 6.07) is 0. The van der Waals surface area contributed by atoms with Crippen LogP contribution in [0.5, 0.6) is 0 Å². The van der Waals surface area contributed by atoms with Gasteiger partial charge in [-0.25, -0.2) is 14.4 Å². The number of hydrogen-bond donors (Lipinski definition) is 2. The Morgan fingerprint density at radius 3 is 2.11 bits per heavy atom. The second kappa shape index (κ2) is 8.85. The minimum Gasteiger partial charge on any atom is -0.450 e. The van der Waals surface area contributed by atoms with Crippen LogP contribution in [0.2, 0.25) is 0 Å². The van der Waals surface area contributed by atoms with Crippen molar-refractivity contribution in [2.75, 3.05) is 20.1 Å². The van der Waals surface area contributed by atoms with Crippen molar-refractivity contribution in [3.8, 4) is 0 Å². The molecular formula is C10H16N2O6. The van der Waals surface area contributed by atoms with E-state index in [-0.39, 0.29) is 18.8 Å². The Morgan fingerprint density at radius 1 is 1.06 bits per heavy atom. The molecule has 0 aromatic rings. The zero-order chi connectivity index (χ0) is 14.0. The van der Waals surface area contributed by atoms with E-state index in [2.05, 4.69) is 31.4 Å². The monoisotopic (exact) mass is 260 g/mol. The minimum absolute atomic E-state index is 0.161. The van der Waals surface area contributed by atoms with Gasteiger partial charge >= 0.3 is 18.2 Å². The number of ether oxygens (including phenoxy) is 3. The molecule has 0 saturated heterocycles. The third-order valence-electron chi connectivity index (χ3n) is 1.47. The summed E-state index contributed by atoms with van der Waals surface area (Å²) < 4.78 is 13.5. The van der Waals surface area contributed by atoms with Crippen LogP contribution in [0.25, 0.3) is 0 Å². The average molecular weight is 260 g/mol. The van der Waals surface area contributed by atoms with Gasteiger partial charge in [0, 0.05) is 5.57 Å². The van der Waals surface area contributed by atoms with Crippen LogP contribution in [0.4, 0.5) is 9.59 Å². The maximum Gasteiger partial charge on any atom is 0.411 e. The Hall–Kier alpha value is -2.25. The molecule has 2 N–H and O–H groups in total. The number of carbonyl (C=O) groups is 3. The summed E-state index contributed by atoms with van der Waals surface area (Å²) in [5.74, 6) is -0.660. The number of alkyl carbamates (subject to hydrolysis) is 2. The number of nitrogens with one attached hydrogen (secondary N) is 2. The van der Waals surface area contributed by atoms with Gasteiger partial charge in [-0.05, 0) is 13.8 Å². The molecule has 102 valence electrons. The highest BCUT2D eigenvalue weighted by Crippen LogP contribution is 1.91. The zero-order valence-corrected chi connectivity index (χ0v) is 10.3. The molecule has 0 aliphatic heterocycles. The SMILES string of the molecule is C=C(C)C(=O)OCOC(=O)NCNC(=O)OCC. The van der Waals surface area contributed by atoms with Crippen LogP contribution in [-0.2, 0) is 19.0 Å². The summed E-state index contributed by atoms with van der Waals surface area (Å²) >= 11 is 0. The molecule has 0 radical (unpaired) electrons. The van der Waals surface area contributed by atoms with E-state index >= 15 is 0 Å². The fourth-order valence-electron chi connectivity index (χ4n) is 0.681. The quantitative estimate of drug-likeness (QED) is 0.409.